The molecule has 0 atom stereocenters. The minimum Gasteiger partial charge on any atom is -0.397 e. The average Bonchev–Trinajstić information content (AvgIpc) is 2.89. The van der Waals surface area contributed by atoms with E-state index in [9.17, 15) is 0 Å². The molecule has 0 aliphatic carbocycles. The first-order valence-electron chi connectivity index (χ1n) is 6.63. The first kappa shape index (κ1) is 12.5. The largest absolute Gasteiger partial charge is 0.397 e. The molecule has 3 N–H and O–H groups in total. The van der Waals surface area contributed by atoms with Crippen molar-refractivity contribution in [2.24, 2.45) is 0 Å². The summed E-state index contributed by atoms with van der Waals surface area (Å²) in [5.41, 5.74) is 12.4. The fourth-order valence-electron chi connectivity index (χ4n) is 2.42. The number of benzene rings is 2. The van der Waals surface area contributed by atoms with Crippen LogP contribution in [0.1, 0.15) is 11.1 Å². The number of rotatable bonds is 3. The van der Waals surface area contributed by atoms with Gasteiger partial charge in [0.25, 0.3) is 0 Å². The fourth-order valence-corrected chi connectivity index (χ4v) is 2.42. The van der Waals surface area contributed by atoms with Crippen LogP contribution < -0.4 is 10.6 Å². The summed E-state index contributed by atoms with van der Waals surface area (Å²) in [5, 5.41) is 0. The van der Waals surface area contributed by atoms with E-state index in [-0.39, 0.29) is 0 Å². The van der Waals surface area contributed by atoms with Gasteiger partial charge in [-0.15, -0.1) is 0 Å². The molecule has 0 fully saturated rings. The van der Waals surface area contributed by atoms with Gasteiger partial charge >= 0.3 is 0 Å². The van der Waals surface area contributed by atoms with E-state index in [0.29, 0.717) is 0 Å². The maximum atomic E-state index is 6.06. The molecule has 4 heteroatoms. The maximum Gasteiger partial charge on any atom is 0.0931 e. The molecule has 3 rings (SSSR count). The van der Waals surface area contributed by atoms with Crippen molar-refractivity contribution in [2.45, 2.75) is 13.5 Å². The van der Waals surface area contributed by atoms with E-state index >= 15 is 0 Å². The minimum absolute atomic E-state index is 0.806. The number of aromatic nitrogens is 2. The van der Waals surface area contributed by atoms with Gasteiger partial charge in [-0.25, -0.2) is 4.98 Å². The summed E-state index contributed by atoms with van der Waals surface area (Å²) >= 11 is 0. The van der Waals surface area contributed by atoms with Gasteiger partial charge in [0.15, 0.2) is 0 Å². The Morgan fingerprint density at radius 2 is 2.05 bits per heavy atom. The van der Waals surface area contributed by atoms with Gasteiger partial charge in [-0.3, -0.25) is 0 Å². The lowest BCUT2D eigenvalue weighted by molar-refractivity contribution is 0.925. The third kappa shape index (κ3) is 2.32. The number of anilines is 2. The van der Waals surface area contributed by atoms with Crippen molar-refractivity contribution in [2.75, 3.05) is 17.7 Å². The third-order valence-electron chi connectivity index (χ3n) is 3.50. The second-order valence-corrected chi connectivity index (χ2v) is 5.17. The molecule has 0 aliphatic rings. The first-order valence-corrected chi connectivity index (χ1v) is 6.63. The third-order valence-corrected chi connectivity index (χ3v) is 3.50. The van der Waals surface area contributed by atoms with E-state index in [4.69, 9.17) is 5.73 Å². The van der Waals surface area contributed by atoms with Crippen molar-refractivity contribution in [3.63, 3.8) is 0 Å². The van der Waals surface area contributed by atoms with E-state index in [1.54, 1.807) is 6.33 Å². The molecule has 0 spiro atoms. The topological polar surface area (TPSA) is 57.9 Å². The number of nitrogens with one attached hydrogen (secondary N) is 1. The van der Waals surface area contributed by atoms with Crippen LogP contribution in [0.2, 0.25) is 0 Å². The zero-order chi connectivity index (χ0) is 14.1. The van der Waals surface area contributed by atoms with Crippen LogP contribution in [0.15, 0.2) is 42.7 Å². The van der Waals surface area contributed by atoms with Crippen molar-refractivity contribution >= 4 is 22.4 Å². The molecule has 102 valence electrons. The number of fused-ring (bicyclic) bond motifs is 1. The molecule has 0 aliphatic heterocycles. The first-order chi connectivity index (χ1) is 9.63. The number of nitrogens with zero attached hydrogens (tertiary/aromatic N) is 2. The summed E-state index contributed by atoms with van der Waals surface area (Å²) in [4.78, 5) is 9.54. The Balaban J connectivity index is 1.87. The number of aromatic amines is 1. The molecule has 0 saturated heterocycles. The Morgan fingerprint density at radius 1 is 1.20 bits per heavy atom. The van der Waals surface area contributed by atoms with Gasteiger partial charge in [0.05, 0.1) is 28.7 Å². The predicted octanol–water partition coefficient (Wildman–Crippen LogP) is 3.09. The van der Waals surface area contributed by atoms with Crippen LogP contribution in [0.25, 0.3) is 11.0 Å². The van der Waals surface area contributed by atoms with Crippen LogP contribution in [0, 0.1) is 6.92 Å². The van der Waals surface area contributed by atoms with E-state index in [2.05, 4.69) is 47.0 Å². The molecule has 0 saturated carbocycles. The Kier molecular flexibility index (Phi) is 3.06. The van der Waals surface area contributed by atoms with Crippen LogP contribution in [0.3, 0.4) is 0 Å². The number of hydrogen-bond donors (Lipinski definition) is 2. The van der Waals surface area contributed by atoms with Gasteiger partial charge in [0.1, 0.15) is 0 Å². The second-order valence-electron chi connectivity index (χ2n) is 5.17. The van der Waals surface area contributed by atoms with Crippen molar-refractivity contribution < 1.29 is 0 Å². The molecule has 2 aromatic carbocycles. The van der Waals surface area contributed by atoms with Gasteiger partial charge in [-0.2, -0.15) is 0 Å². The van der Waals surface area contributed by atoms with Gasteiger partial charge in [-0.1, -0.05) is 12.1 Å². The summed E-state index contributed by atoms with van der Waals surface area (Å²) in [7, 11) is 2.06. The summed E-state index contributed by atoms with van der Waals surface area (Å²) in [6.45, 7) is 2.88. The number of imidazole rings is 1. The zero-order valence-corrected chi connectivity index (χ0v) is 11.7. The van der Waals surface area contributed by atoms with Crippen molar-refractivity contribution in [1.29, 1.82) is 0 Å². The monoisotopic (exact) mass is 266 g/mol. The molecule has 0 unspecified atom stereocenters. The normalized spacial score (nSPS) is 10.9. The maximum absolute atomic E-state index is 6.06. The summed E-state index contributed by atoms with van der Waals surface area (Å²) in [5.74, 6) is 0. The van der Waals surface area contributed by atoms with Crippen molar-refractivity contribution in [1.82, 2.24) is 9.97 Å². The lowest BCUT2D eigenvalue weighted by Crippen LogP contribution is -2.17. The molecule has 1 heterocycles. The lowest BCUT2D eigenvalue weighted by Gasteiger charge is -2.21. The standard InChI is InChI=1S/C16H18N4/c1-11-3-5-13(17)16(7-11)20(2)9-12-4-6-14-15(8-12)19-10-18-14/h3-8,10H,9,17H2,1-2H3,(H,18,19). The number of H-pyrrole nitrogens is 1. The molecular formula is C16H18N4. The highest BCUT2D eigenvalue weighted by Crippen LogP contribution is 2.25. The van der Waals surface area contributed by atoms with Gasteiger partial charge in [0.2, 0.25) is 0 Å². The molecule has 0 amide bonds. The molecule has 3 aromatic rings. The van der Waals surface area contributed by atoms with Crippen LogP contribution in [0.5, 0.6) is 0 Å². The quantitative estimate of drug-likeness (QED) is 0.716. The average molecular weight is 266 g/mol. The summed E-state index contributed by atoms with van der Waals surface area (Å²) < 4.78 is 0. The van der Waals surface area contributed by atoms with Gasteiger partial charge in [0, 0.05) is 13.6 Å². The van der Waals surface area contributed by atoms with Crippen LogP contribution in [-0.2, 0) is 6.54 Å². The lowest BCUT2D eigenvalue weighted by atomic mass is 10.1. The highest BCUT2D eigenvalue weighted by atomic mass is 15.1. The number of nitrogen functional groups attached to an aromatic ring is 1. The molecular weight excluding hydrogens is 248 g/mol. The Labute approximate surface area is 118 Å². The number of aryl methyl sites for hydroxylation is 1. The Bertz CT molecular complexity index is 745. The van der Waals surface area contributed by atoms with Crippen LogP contribution in [0.4, 0.5) is 11.4 Å². The van der Waals surface area contributed by atoms with Crippen LogP contribution in [-0.4, -0.2) is 17.0 Å². The van der Waals surface area contributed by atoms with Crippen molar-refractivity contribution in [3.05, 3.63) is 53.9 Å². The van der Waals surface area contributed by atoms with E-state index in [0.717, 1.165) is 29.0 Å². The summed E-state index contributed by atoms with van der Waals surface area (Å²) in [6.07, 6.45) is 1.72. The highest BCUT2D eigenvalue weighted by molar-refractivity contribution is 5.75. The van der Waals surface area contributed by atoms with Crippen molar-refractivity contribution in [3.8, 4) is 0 Å². The van der Waals surface area contributed by atoms with E-state index < -0.39 is 0 Å². The molecule has 0 bridgehead atoms. The minimum atomic E-state index is 0.806. The van der Waals surface area contributed by atoms with Gasteiger partial charge < -0.3 is 15.6 Å². The molecule has 4 nitrogen and oxygen atoms in total. The van der Waals surface area contributed by atoms with Gasteiger partial charge in [-0.05, 0) is 42.3 Å². The Morgan fingerprint density at radius 3 is 2.90 bits per heavy atom. The molecule has 1 aromatic heterocycles. The zero-order valence-electron chi connectivity index (χ0n) is 11.7. The second kappa shape index (κ2) is 4.89. The van der Waals surface area contributed by atoms with E-state index in [1.165, 1.54) is 11.1 Å². The van der Waals surface area contributed by atoms with E-state index in [1.807, 2.05) is 18.2 Å². The fraction of sp³-hybridized carbons (Fsp3) is 0.188. The SMILES string of the molecule is Cc1ccc(N)c(N(C)Cc2ccc3nc[nH]c3c2)c1. The molecule has 0 radical (unpaired) electrons. The number of nitrogens with two attached hydrogens (primary N) is 1. The van der Waals surface area contributed by atoms with Crippen LogP contribution >= 0.6 is 0 Å². The Hall–Kier alpha value is -2.49. The predicted molar refractivity (Wildman–Crippen MR) is 83.8 cm³/mol. The summed E-state index contributed by atoms with van der Waals surface area (Å²) in [6, 6.07) is 12.4. The molecule has 20 heavy (non-hydrogen) atoms. The highest BCUT2D eigenvalue weighted by Gasteiger charge is 2.07. The number of hydrogen-bond acceptors (Lipinski definition) is 3. The smallest absolute Gasteiger partial charge is 0.0931 e.